The first-order valence-electron chi connectivity index (χ1n) is 11.8. The maximum atomic E-state index is 11.8. The lowest BCUT2D eigenvalue weighted by Crippen LogP contribution is -2.24. The highest BCUT2D eigenvalue weighted by Crippen LogP contribution is 2.16. The third kappa shape index (κ3) is 15.1. The Kier molecular flexibility index (Phi) is 15.3. The van der Waals surface area contributed by atoms with Gasteiger partial charge in [0.2, 0.25) is 0 Å². The van der Waals surface area contributed by atoms with E-state index >= 15 is 0 Å². The van der Waals surface area contributed by atoms with E-state index in [0.29, 0.717) is 12.8 Å². The van der Waals surface area contributed by atoms with Crippen LogP contribution in [-0.2, 0) is 9.53 Å². The van der Waals surface area contributed by atoms with Gasteiger partial charge in [0.1, 0.15) is 6.10 Å². The molecule has 1 heterocycles. The van der Waals surface area contributed by atoms with Crippen molar-refractivity contribution in [1.82, 2.24) is 0 Å². The number of hydrogen-bond donors (Lipinski definition) is 2. The topological polar surface area (TPSA) is 66.8 Å². The normalized spacial score (nSPS) is 29.5. The van der Waals surface area contributed by atoms with Gasteiger partial charge in [0.15, 0.2) is 0 Å². The Morgan fingerprint density at radius 1 is 0.750 bits per heavy atom. The first-order chi connectivity index (χ1) is 13.6. The molecule has 0 spiro atoms. The van der Waals surface area contributed by atoms with E-state index in [1.54, 1.807) is 6.92 Å². The zero-order chi connectivity index (χ0) is 20.5. The number of carbonyl (C=O) groups excluding carboxylic acids is 1. The average Bonchev–Trinajstić information content (AvgIpc) is 2.63. The van der Waals surface area contributed by atoms with E-state index in [4.69, 9.17) is 4.74 Å². The summed E-state index contributed by atoms with van der Waals surface area (Å²) in [7, 11) is 0. The van der Waals surface area contributed by atoms with Crippen LogP contribution in [0.3, 0.4) is 0 Å². The molecule has 0 amide bonds. The quantitative estimate of drug-likeness (QED) is 0.505. The van der Waals surface area contributed by atoms with Crippen molar-refractivity contribution in [3.8, 4) is 0 Å². The number of allylic oxidation sites excluding steroid dienone is 1. The van der Waals surface area contributed by atoms with Gasteiger partial charge in [-0.25, -0.2) is 4.79 Å². The van der Waals surface area contributed by atoms with Gasteiger partial charge in [-0.2, -0.15) is 0 Å². The standard InChI is InChI=1S/C24H44O4/c1-21-19-23(26)20-22(25)17-15-13-11-9-7-5-3-2-4-6-8-10-12-14-16-18-24(27)28-21/h16,18,21-23,25-26H,2-15,17,19-20H2,1H3. The Morgan fingerprint density at radius 3 is 1.82 bits per heavy atom. The van der Waals surface area contributed by atoms with Crippen LogP contribution in [0.25, 0.3) is 0 Å². The molecule has 1 aliphatic heterocycles. The van der Waals surface area contributed by atoms with Crippen molar-refractivity contribution in [2.75, 3.05) is 0 Å². The highest BCUT2D eigenvalue weighted by Gasteiger charge is 2.17. The SMILES string of the molecule is CC1CC(O)CC(O)CCCCCCCCCCCCCCCC=CC(=O)O1. The number of ether oxygens (including phenoxy) is 1. The molecule has 0 saturated heterocycles. The van der Waals surface area contributed by atoms with Crippen LogP contribution in [0.2, 0.25) is 0 Å². The highest BCUT2D eigenvalue weighted by atomic mass is 16.5. The van der Waals surface area contributed by atoms with E-state index in [1.165, 1.54) is 70.3 Å². The van der Waals surface area contributed by atoms with Crippen LogP contribution in [-0.4, -0.2) is 34.5 Å². The van der Waals surface area contributed by atoms with E-state index in [9.17, 15) is 15.0 Å². The van der Waals surface area contributed by atoms with Crippen molar-refractivity contribution >= 4 is 5.97 Å². The summed E-state index contributed by atoms with van der Waals surface area (Å²) in [6.45, 7) is 1.80. The fourth-order valence-corrected chi connectivity index (χ4v) is 3.96. The van der Waals surface area contributed by atoms with Crippen molar-refractivity contribution < 1.29 is 19.7 Å². The number of cyclic esters (lactones) is 1. The lowest BCUT2D eigenvalue weighted by Gasteiger charge is -2.19. The number of carbonyl (C=O) groups is 1. The fourth-order valence-electron chi connectivity index (χ4n) is 3.96. The van der Waals surface area contributed by atoms with Gasteiger partial charge in [-0.05, 0) is 32.6 Å². The molecule has 0 aromatic carbocycles. The second-order valence-corrected chi connectivity index (χ2v) is 8.60. The molecule has 0 radical (unpaired) electrons. The van der Waals surface area contributed by atoms with Crippen LogP contribution in [0.5, 0.6) is 0 Å². The molecule has 1 rings (SSSR count). The fraction of sp³-hybridized carbons (Fsp3) is 0.875. The third-order valence-corrected chi connectivity index (χ3v) is 5.63. The molecular weight excluding hydrogens is 352 g/mol. The summed E-state index contributed by atoms with van der Waals surface area (Å²) in [5, 5.41) is 20.2. The molecule has 0 saturated carbocycles. The van der Waals surface area contributed by atoms with Crippen LogP contribution < -0.4 is 0 Å². The Labute approximate surface area is 172 Å². The van der Waals surface area contributed by atoms with E-state index in [1.807, 2.05) is 6.08 Å². The molecule has 28 heavy (non-hydrogen) atoms. The van der Waals surface area contributed by atoms with Crippen LogP contribution in [0.1, 0.15) is 116 Å². The summed E-state index contributed by atoms with van der Waals surface area (Å²) < 4.78 is 5.33. The maximum Gasteiger partial charge on any atom is 0.330 e. The van der Waals surface area contributed by atoms with Crippen molar-refractivity contribution in [2.45, 2.75) is 134 Å². The van der Waals surface area contributed by atoms with Crippen LogP contribution in [0.15, 0.2) is 12.2 Å². The molecule has 0 aromatic heterocycles. The minimum atomic E-state index is -0.632. The molecule has 4 nitrogen and oxygen atoms in total. The van der Waals surface area contributed by atoms with Gasteiger partial charge in [0.05, 0.1) is 12.2 Å². The highest BCUT2D eigenvalue weighted by molar-refractivity contribution is 5.81. The van der Waals surface area contributed by atoms with Crippen LogP contribution in [0.4, 0.5) is 0 Å². The molecule has 164 valence electrons. The molecule has 0 aliphatic carbocycles. The summed E-state index contributed by atoms with van der Waals surface area (Å²) in [4.78, 5) is 11.8. The monoisotopic (exact) mass is 396 g/mol. The summed E-state index contributed by atoms with van der Waals surface area (Å²) in [6, 6.07) is 0. The molecular formula is C24H44O4. The summed E-state index contributed by atoms with van der Waals surface area (Å²) in [5.41, 5.74) is 0. The maximum absolute atomic E-state index is 11.8. The minimum Gasteiger partial charge on any atom is -0.459 e. The summed E-state index contributed by atoms with van der Waals surface area (Å²) in [5.74, 6) is -0.338. The third-order valence-electron chi connectivity index (χ3n) is 5.63. The zero-order valence-electron chi connectivity index (χ0n) is 18.1. The Balaban J connectivity index is 2.36. The Hall–Kier alpha value is -0.870. The van der Waals surface area contributed by atoms with Crippen LogP contribution in [0, 0.1) is 0 Å². The smallest absolute Gasteiger partial charge is 0.330 e. The summed E-state index contributed by atoms with van der Waals surface area (Å²) in [6.07, 6.45) is 20.8. The predicted octanol–water partition coefficient (Wildman–Crippen LogP) is 5.84. The van der Waals surface area contributed by atoms with Crippen molar-refractivity contribution in [1.29, 1.82) is 0 Å². The van der Waals surface area contributed by atoms with Gasteiger partial charge in [-0.3, -0.25) is 0 Å². The molecule has 3 atom stereocenters. The zero-order valence-corrected chi connectivity index (χ0v) is 18.1. The molecule has 3 unspecified atom stereocenters. The van der Waals surface area contributed by atoms with Crippen LogP contribution >= 0.6 is 0 Å². The predicted molar refractivity (Wildman–Crippen MR) is 115 cm³/mol. The molecule has 4 heteroatoms. The molecule has 0 aromatic rings. The molecule has 0 bridgehead atoms. The lowest BCUT2D eigenvalue weighted by molar-refractivity contribution is -0.143. The second-order valence-electron chi connectivity index (χ2n) is 8.60. The van der Waals surface area contributed by atoms with Crippen molar-refractivity contribution in [3.05, 3.63) is 12.2 Å². The van der Waals surface area contributed by atoms with Crippen molar-refractivity contribution in [3.63, 3.8) is 0 Å². The van der Waals surface area contributed by atoms with E-state index in [0.717, 1.165) is 32.1 Å². The van der Waals surface area contributed by atoms with Gasteiger partial charge in [-0.15, -0.1) is 0 Å². The Bertz CT molecular complexity index is 407. The van der Waals surface area contributed by atoms with Gasteiger partial charge in [0.25, 0.3) is 0 Å². The first-order valence-corrected chi connectivity index (χ1v) is 11.8. The van der Waals surface area contributed by atoms with E-state index < -0.39 is 12.2 Å². The number of rotatable bonds is 0. The molecule has 0 fully saturated rings. The van der Waals surface area contributed by atoms with E-state index in [2.05, 4.69) is 0 Å². The number of aliphatic hydroxyl groups excluding tert-OH is 2. The summed E-state index contributed by atoms with van der Waals surface area (Å²) >= 11 is 0. The largest absolute Gasteiger partial charge is 0.459 e. The average molecular weight is 397 g/mol. The lowest BCUT2D eigenvalue weighted by atomic mass is 10.0. The second kappa shape index (κ2) is 17.0. The van der Waals surface area contributed by atoms with Gasteiger partial charge >= 0.3 is 5.97 Å². The van der Waals surface area contributed by atoms with Gasteiger partial charge in [0, 0.05) is 12.5 Å². The number of aliphatic hydroxyl groups is 2. The van der Waals surface area contributed by atoms with Crippen molar-refractivity contribution in [2.24, 2.45) is 0 Å². The van der Waals surface area contributed by atoms with Gasteiger partial charge in [-0.1, -0.05) is 83.1 Å². The number of esters is 1. The minimum absolute atomic E-state index is 0.338. The Morgan fingerprint density at radius 2 is 1.25 bits per heavy atom. The molecule has 1 aliphatic rings. The molecule has 2 N–H and O–H groups in total. The van der Waals surface area contributed by atoms with Gasteiger partial charge < -0.3 is 14.9 Å². The number of hydrogen-bond acceptors (Lipinski definition) is 4. The van der Waals surface area contributed by atoms with E-state index in [-0.39, 0.29) is 12.1 Å². The first kappa shape index (κ1) is 25.2.